The highest BCUT2D eigenvalue weighted by Gasteiger charge is 2.39. The highest BCUT2D eigenvalue weighted by Crippen LogP contribution is 2.29. The number of aromatic nitrogens is 1. The summed E-state index contributed by atoms with van der Waals surface area (Å²) in [5.41, 5.74) is 0.0649. The molecular weight excluding hydrogens is 444 g/mol. The molecule has 1 atom stereocenters. The molecule has 2 saturated heterocycles. The van der Waals surface area contributed by atoms with E-state index < -0.39 is 23.7 Å². The second-order valence-electron chi connectivity index (χ2n) is 7.74. The summed E-state index contributed by atoms with van der Waals surface area (Å²) in [5, 5.41) is 0.242. The third-order valence-electron chi connectivity index (χ3n) is 5.81. The zero-order chi connectivity index (χ0) is 22.8. The van der Waals surface area contributed by atoms with E-state index in [0.717, 1.165) is 6.07 Å². The molecule has 0 radical (unpaired) electrons. The minimum Gasteiger partial charge on any atom is -0.477 e. The number of piperidine rings is 1. The van der Waals surface area contributed by atoms with Crippen LogP contribution in [0, 0.1) is 11.6 Å². The highest BCUT2D eigenvalue weighted by atomic mass is 35.5. The number of nitrogens with zero attached hydrogens (tertiary/aromatic N) is 3. The van der Waals surface area contributed by atoms with Crippen LogP contribution in [-0.2, 0) is 9.53 Å². The Morgan fingerprint density at radius 1 is 1.12 bits per heavy atom. The van der Waals surface area contributed by atoms with Crippen molar-refractivity contribution in [3.63, 3.8) is 0 Å². The van der Waals surface area contributed by atoms with E-state index in [9.17, 15) is 18.4 Å². The zero-order valence-electron chi connectivity index (χ0n) is 17.4. The topological polar surface area (TPSA) is 72.0 Å². The second kappa shape index (κ2) is 9.28. The summed E-state index contributed by atoms with van der Waals surface area (Å²) in [6.45, 7) is 1.61. The van der Waals surface area contributed by atoms with Crippen LogP contribution in [0.15, 0.2) is 30.5 Å². The first-order chi connectivity index (χ1) is 15.4. The van der Waals surface area contributed by atoms with Gasteiger partial charge in [0.15, 0.2) is 29.3 Å². The van der Waals surface area contributed by atoms with Gasteiger partial charge in [0, 0.05) is 38.3 Å². The zero-order valence-corrected chi connectivity index (χ0v) is 18.1. The molecule has 32 heavy (non-hydrogen) atoms. The first-order valence-electron chi connectivity index (χ1n) is 10.3. The molecule has 0 saturated carbocycles. The molecule has 0 N–H and O–H groups in total. The van der Waals surface area contributed by atoms with E-state index in [1.54, 1.807) is 4.90 Å². The summed E-state index contributed by atoms with van der Waals surface area (Å²) < 4.78 is 38.7. The number of benzene rings is 1. The number of halogens is 3. The lowest BCUT2D eigenvalue weighted by atomic mass is 10.0. The van der Waals surface area contributed by atoms with Crippen LogP contribution in [0.2, 0.25) is 5.02 Å². The molecule has 170 valence electrons. The average Bonchev–Trinajstić information content (AvgIpc) is 3.15. The van der Waals surface area contributed by atoms with Crippen molar-refractivity contribution in [3.05, 3.63) is 52.7 Å². The summed E-state index contributed by atoms with van der Waals surface area (Å²) in [7, 11) is 1.21. The summed E-state index contributed by atoms with van der Waals surface area (Å²) >= 11 is 5.77. The van der Waals surface area contributed by atoms with Crippen molar-refractivity contribution in [2.45, 2.75) is 31.4 Å². The van der Waals surface area contributed by atoms with Crippen molar-refractivity contribution >= 4 is 29.3 Å². The first-order valence-corrected chi connectivity index (χ1v) is 10.7. The molecule has 0 aliphatic carbocycles. The van der Waals surface area contributed by atoms with E-state index in [1.807, 2.05) is 4.90 Å². The Bertz CT molecular complexity index is 1030. The predicted octanol–water partition coefficient (Wildman–Crippen LogP) is 3.45. The van der Waals surface area contributed by atoms with E-state index >= 15 is 0 Å². The maximum Gasteiger partial charge on any atom is 0.337 e. The summed E-state index contributed by atoms with van der Waals surface area (Å²) in [5.74, 6) is -1.88. The number of likely N-dealkylation sites (tertiary alicyclic amines) is 1. The number of rotatable bonds is 5. The Kier molecular flexibility index (Phi) is 6.45. The fourth-order valence-electron chi connectivity index (χ4n) is 4.17. The number of carbonyl (C=O) groups excluding carboxylic acids is 2. The minimum absolute atomic E-state index is 0.00532. The van der Waals surface area contributed by atoms with Gasteiger partial charge in [-0.2, -0.15) is 0 Å². The van der Waals surface area contributed by atoms with Gasteiger partial charge in [-0.15, -0.1) is 0 Å². The van der Waals surface area contributed by atoms with Crippen LogP contribution in [0.1, 0.15) is 29.6 Å². The van der Waals surface area contributed by atoms with Crippen molar-refractivity contribution in [1.29, 1.82) is 0 Å². The Morgan fingerprint density at radius 3 is 2.53 bits per heavy atom. The fourth-order valence-corrected chi connectivity index (χ4v) is 4.32. The maximum absolute atomic E-state index is 14.3. The smallest absolute Gasteiger partial charge is 0.337 e. The third kappa shape index (κ3) is 4.48. The van der Waals surface area contributed by atoms with Crippen molar-refractivity contribution in [1.82, 2.24) is 9.88 Å². The fraction of sp³-hybridized carbons (Fsp3) is 0.409. The van der Waals surface area contributed by atoms with E-state index in [2.05, 4.69) is 9.72 Å². The highest BCUT2D eigenvalue weighted by molar-refractivity contribution is 6.30. The lowest BCUT2D eigenvalue weighted by Gasteiger charge is -2.37. The lowest BCUT2D eigenvalue weighted by Crippen LogP contribution is -2.47. The van der Waals surface area contributed by atoms with E-state index in [4.69, 9.17) is 16.3 Å². The monoisotopic (exact) mass is 465 g/mol. The van der Waals surface area contributed by atoms with Crippen LogP contribution in [-0.4, -0.2) is 60.7 Å². The van der Waals surface area contributed by atoms with Gasteiger partial charge in [-0.3, -0.25) is 4.79 Å². The molecule has 3 heterocycles. The molecule has 2 aliphatic rings. The SMILES string of the molecule is COC(=O)c1ccc(O[C@H]2CCN(C3CCN(c4ncc(Cl)cc4F)CC3)C2=O)c(F)c1. The van der Waals surface area contributed by atoms with Gasteiger partial charge in [0.05, 0.1) is 17.7 Å². The molecule has 10 heteroatoms. The summed E-state index contributed by atoms with van der Waals surface area (Å²) in [6.07, 6.45) is 2.37. The van der Waals surface area contributed by atoms with Crippen LogP contribution in [0.5, 0.6) is 5.75 Å². The molecule has 0 spiro atoms. The van der Waals surface area contributed by atoms with Crippen LogP contribution < -0.4 is 9.64 Å². The van der Waals surface area contributed by atoms with Crippen LogP contribution >= 0.6 is 11.6 Å². The number of methoxy groups -OCH3 is 1. The molecule has 0 unspecified atom stereocenters. The van der Waals surface area contributed by atoms with Crippen LogP contribution in [0.4, 0.5) is 14.6 Å². The normalized spacial score (nSPS) is 19.4. The second-order valence-corrected chi connectivity index (χ2v) is 8.18. The molecule has 2 aliphatic heterocycles. The predicted molar refractivity (Wildman–Crippen MR) is 113 cm³/mol. The van der Waals surface area contributed by atoms with Gasteiger partial charge in [0.25, 0.3) is 5.91 Å². The molecule has 7 nitrogen and oxygen atoms in total. The number of esters is 1. The standard InChI is InChI=1S/C22H22ClF2N3O4/c1-31-22(30)13-2-3-18(16(24)10-13)32-19-6-9-28(21(19)29)15-4-7-27(8-5-15)20-17(25)11-14(23)12-26-20/h2-3,10-12,15,19H,4-9H2,1H3/t19-/m0/s1. The lowest BCUT2D eigenvalue weighted by molar-refractivity contribution is -0.135. The number of carbonyl (C=O) groups is 2. The number of amides is 1. The Hall–Kier alpha value is -2.94. The van der Waals surface area contributed by atoms with Gasteiger partial charge >= 0.3 is 5.97 Å². The number of hydrogen-bond acceptors (Lipinski definition) is 6. The van der Waals surface area contributed by atoms with Crippen molar-refractivity contribution in [2.75, 3.05) is 31.6 Å². The largest absolute Gasteiger partial charge is 0.477 e. The molecule has 0 bridgehead atoms. The molecule has 2 aromatic rings. The Labute approximate surface area is 188 Å². The molecular formula is C22H22ClF2N3O4. The molecule has 1 aromatic carbocycles. The van der Waals surface area contributed by atoms with Gasteiger partial charge in [-0.1, -0.05) is 11.6 Å². The van der Waals surface area contributed by atoms with Gasteiger partial charge in [-0.25, -0.2) is 18.6 Å². The molecule has 1 aromatic heterocycles. The number of hydrogen-bond donors (Lipinski definition) is 0. The maximum atomic E-state index is 14.3. The molecule has 1 amide bonds. The van der Waals surface area contributed by atoms with E-state index in [1.165, 1.54) is 31.5 Å². The van der Waals surface area contributed by atoms with Crippen molar-refractivity contribution in [2.24, 2.45) is 0 Å². The molecule has 2 fully saturated rings. The number of anilines is 1. The summed E-state index contributed by atoms with van der Waals surface area (Å²) in [6, 6.07) is 4.97. The van der Waals surface area contributed by atoms with Gasteiger partial charge < -0.3 is 19.3 Å². The Morgan fingerprint density at radius 2 is 1.88 bits per heavy atom. The van der Waals surface area contributed by atoms with E-state index in [0.29, 0.717) is 38.9 Å². The van der Waals surface area contributed by atoms with Crippen molar-refractivity contribution in [3.8, 4) is 5.75 Å². The van der Waals surface area contributed by atoms with Gasteiger partial charge in [-0.05, 0) is 37.1 Å². The van der Waals surface area contributed by atoms with Crippen LogP contribution in [0.25, 0.3) is 0 Å². The first kappa shape index (κ1) is 22.3. The minimum atomic E-state index is -0.790. The molecule has 4 rings (SSSR count). The quantitative estimate of drug-likeness (QED) is 0.630. The number of pyridine rings is 1. The van der Waals surface area contributed by atoms with Gasteiger partial charge in [0.2, 0.25) is 0 Å². The Balaban J connectivity index is 1.35. The van der Waals surface area contributed by atoms with Crippen LogP contribution in [0.3, 0.4) is 0 Å². The third-order valence-corrected chi connectivity index (χ3v) is 6.01. The average molecular weight is 466 g/mol. The van der Waals surface area contributed by atoms with Crippen molar-refractivity contribution < 1.29 is 27.8 Å². The van der Waals surface area contributed by atoms with Gasteiger partial charge in [0.1, 0.15) is 0 Å². The number of ether oxygens (including phenoxy) is 2. The van der Waals surface area contributed by atoms with E-state index in [-0.39, 0.29) is 34.1 Å². The summed E-state index contributed by atoms with van der Waals surface area (Å²) in [4.78, 5) is 32.1.